The highest BCUT2D eigenvalue weighted by Gasteiger charge is 2.32. The van der Waals surface area contributed by atoms with Crippen LogP contribution in [0.25, 0.3) is 0 Å². The van der Waals surface area contributed by atoms with E-state index >= 15 is 0 Å². The number of benzene rings is 1. The highest BCUT2D eigenvalue weighted by Crippen LogP contribution is 2.34. The number of carbonyl (C=O) groups excluding carboxylic acids is 1. The van der Waals surface area contributed by atoms with Gasteiger partial charge in [-0.1, -0.05) is 0 Å². The molecule has 0 bridgehead atoms. The van der Waals surface area contributed by atoms with Crippen LogP contribution in [-0.4, -0.2) is 11.7 Å². The van der Waals surface area contributed by atoms with Crippen LogP contribution < -0.4 is 11.1 Å². The Bertz CT molecular complexity index is 479. The maximum absolute atomic E-state index is 12.5. The minimum atomic E-state index is -4.52. The Kier molecular flexibility index (Phi) is 3.97. The summed E-state index contributed by atoms with van der Waals surface area (Å²) in [5, 5.41) is 2.31. The van der Waals surface area contributed by atoms with Gasteiger partial charge in [0.05, 0.1) is 5.56 Å². The second kappa shape index (κ2) is 4.99. The predicted molar refractivity (Wildman–Crippen MR) is 65.7 cm³/mol. The fourth-order valence-electron chi connectivity index (χ4n) is 1.32. The molecule has 3 N–H and O–H groups in total. The van der Waals surface area contributed by atoms with Crippen molar-refractivity contribution in [1.29, 1.82) is 0 Å². The number of ether oxygens (including phenoxy) is 1. The maximum Gasteiger partial charge on any atom is 0.418 e. The van der Waals surface area contributed by atoms with E-state index in [1.54, 1.807) is 20.8 Å². The summed E-state index contributed by atoms with van der Waals surface area (Å²) < 4.78 is 42.4. The molecule has 1 aromatic carbocycles. The van der Waals surface area contributed by atoms with Crippen molar-refractivity contribution in [3.8, 4) is 0 Å². The van der Waals surface area contributed by atoms with Crippen molar-refractivity contribution in [2.75, 3.05) is 11.1 Å². The van der Waals surface area contributed by atoms with E-state index in [0.717, 1.165) is 18.2 Å². The van der Waals surface area contributed by atoms with Crippen LogP contribution >= 0.6 is 0 Å². The average molecular weight is 276 g/mol. The fraction of sp³-hybridized carbons (Fsp3) is 0.417. The SMILES string of the molecule is CC(C)(C)OC(=O)Nc1ccc(C(F)(F)F)c(N)c1. The number of alkyl halides is 3. The Morgan fingerprint density at radius 3 is 2.26 bits per heavy atom. The quantitative estimate of drug-likeness (QED) is 0.770. The number of nitrogen functional groups attached to an aromatic ring is 1. The van der Waals surface area contributed by atoms with Crippen molar-refractivity contribution in [3.05, 3.63) is 23.8 Å². The second-order valence-electron chi connectivity index (χ2n) is 4.93. The molecule has 0 heterocycles. The average Bonchev–Trinajstić information content (AvgIpc) is 2.11. The number of hydrogen-bond acceptors (Lipinski definition) is 3. The third-order valence-corrected chi connectivity index (χ3v) is 2.00. The molecule has 1 amide bonds. The summed E-state index contributed by atoms with van der Waals surface area (Å²) in [7, 11) is 0. The van der Waals surface area contributed by atoms with E-state index < -0.39 is 29.1 Å². The van der Waals surface area contributed by atoms with Crippen LogP contribution in [0, 0.1) is 0 Å². The second-order valence-corrected chi connectivity index (χ2v) is 4.93. The molecule has 7 heteroatoms. The van der Waals surface area contributed by atoms with Gasteiger partial charge in [0, 0.05) is 11.4 Å². The molecule has 0 fully saturated rings. The summed E-state index contributed by atoms with van der Waals surface area (Å²) in [6.07, 6.45) is -5.28. The molecule has 1 aromatic rings. The molecule has 1 rings (SSSR count). The van der Waals surface area contributed by atoms with Crippen molar-refractivity contribution < 1.29 is 22.7 Å². The summed E-state index contributed by atoms with van der Waals surface area (Å²) in [4.78, 5) is 11.4. The van der Waals surface area contributed by atoms with E-state index in [4.69, 9.17) is 10.5 Å². The molecule has 4 nitrogen and oxygen atoms in total. The predicted octanol–water partition coefficient (Wildman–Crippen LogP) is 3.63. The molecule has 0 aliphatic carbocycles. The van der Waals surface area contributed by atoms with Crippen molar-refractivity contribution >= 4 is 17.5 Å². The third kappa shape index (κ3) is 4.69. The minimum Gasteiger partial charge on any atom is -0.444 e. The molecule has 0 aliphatic rings. The minimum absolute atomic E-state index is 0.139. The summed E-state index contributed by atoms with van der Waals surface area (Å²) >= 11 is 0. The van der Waals surface area contributed by atoms with Gasteiger partial charge in [-0.05, 0) is 39.0 Å². The van der Waals surface area contributed by atoms with Crippen molar-refractivity contribution in [3.63, 3.8) is 0 Å². The highest BCUT2D eigenvalue weighted by molar-refractivity contribution is 5.85. The lowest BCUT2D eigenvalue weighted by Crippen LogP contribution is -2.27. The third-order valence-electron chi connectivity index (χ3n) is 2.00. The summed E-state index contributed by atoms with van der Waals surface area (Å²) in [5.74, 6) is 0. The van der Waals surface area contributed by atoms with Gasteiger partial charge in [-0.25, -0.2) is 4.79 Å². The van der Waals surface area contributed by atoms with E-state index in [-0.39, 0.29) is 5.69 Å². The Morgan fingerprint density at radius 2 is 1.84 bits per heavy atom. The number of hydrogen-bond donors (Lipinski definition) is 2. The monoisotopic (exact) mass is 276 g/mol. The Hall–Kier alpha value is -1.92. The number of nitrogens with two attached hydrogens (primary N) is 1. The Labute approximate surface area is 108 Å². The zero-order chi connectivity index (χ0) is 14.8. The van der Waals surface area contributed by atoms with Gasteiger partial charge in [-0.3, -0.25) is 5.32 Å². The number of anilines is 2. The van der Waals surface area contributed by atoms with Gasteiger partial charge in [-0.15, -0.1) is 0 Å². The van der Waals surface area contributed by atoms with Crippen molar-refractivity contribution in [2.45, 2.75) is 32.5 Å². The van der Waals surface area contributed by atoms with Crippen LogP contribution in [0.15, 0.2) is 18.2 Å². The van der Waals surface area contributed by atoms with Gasteiger partial charge < -0.3 is 10.5 Å². The first-order valence-electron chi connectivity index (χ1n) is 5.46. The normalized spacial score (nSPS) is 12.1. The van der Waals surface area contributed by atoms with E-state index in [1.165, 1.54) is 0 Å². The highest BCUT2D eigenvalue weighted by atomic mass is 19.4. The van der Waals surface area contributed by atoms with Gasteiger partial charge in [-0.2, -0.15) is 13.2 Å². The van der Waals surface area contributed by atoms with Gasteiger partial charge in [0.15, 0.2) is 0 Å². The maximum atomic E-state index is 12.5. The van der Waals surface area contributed by atoms with Crippen LogP contribution in [-0.2, 0) is 10.9 Å². The van der Waals surface area contributed by atoms with Gasteiger partial charge >= 0.3 is 12.3 Å². The molecule has 0 spiro atoms. The Morgan fingerprint density at radius 1 is 1.26 bits per heavy atom. The molecule has 106 valence electrons. The van der Waals surface area contributed by atoms with Crippen LogP contribution in [0.2, 0.25) is 0 Å². The lowest BCUT2D eigenvalue weighted by atomic mass is 10.1. The number of rotatable bonds is 1. The standard InChI is InChI=1S/C12H15F3N2O2/c1-11(2,3)19-10(18)17-7-4-5-8(9(16)6-7)12(13,14)15/h4-6H,16H2,1-3H3,(H,17,18). The molecule has 0 radical (unpaired) electrons. The van der Waals surface area contributed by atoms with Crippen LogP contribution in [0.1, 0.15) is 26.3 Å². The molecule has 0 aliphatic heterocycles. The number of halogens is 3. The number of nitrogens with one attached hydrogen (secondary N) is 1. The van der Waals surface area contributed by atoms with E-state index in [9.17, 15) is 18.0 Å². The smallest absolute Gasteiger partial charge is 0.418 e. The summed E-state index contributed by atoms with van der Waals surface area (Å²) in [6.45, 7) is 5.02. The van der Waals surface area contributed by atoms with E-state index in [1.807, 2.05) is 0 Å². The van der Waals surface area contributed by atoms with Gasteiger partial charge in [0.25, 0.3) is 0 Å². The molecular formula is C12H15F3N2O2. The van der Waals surface area contributed by atoms with Crippen LogP contribution in [0.3, 0.4) is 0 Å². The Balaban J connectivity index is 2.83. The zero-order valence-electron chi connectivity index (χ0n) is 10.8. The fourth-order valence-corrected chi connectivity index (χ4v) is 1.32. The summed E-state index contributed by atoms with van der Waals surface area (Å²) in [5.41, 5.74) is 3.34. The number of amides is 1. The molecule has 0 saturated heterocycles. The van der Waals surface area contributed by atoms with Crippen molar-refractivity contribution in [2.24, 2.45) is 0 Å². The molecule has 0 aromatic heterocycles. The van der Waals surface area contributed by atoms with Gasteiger partial charge in [0.2, 0.25) is 0 Å². The molecule has 0 unspecified atom stereocenters. The first kappa shape index (κ1) is 15.1. The zero-order valence-corrected chi connectivity index (χ0v) is 10.8. The van der Waals surface area contributed by atoms with Crippen molar-refractivity contribution in [1.82, 2.24) is 0 Å². The van der Waals surface area contributed by atoms with E-state index in [2.05, 4.69) is 5.32 Å². The van der Waals surface area contributed by atoms with Crippen LogP contribution in [0.5, 0.6) is 0 Å². The summed E-state index contributed by atoms with van der Waals surface area (Å²) in [6, 6.07) is 2.96. The largest absolute Gasteiger partial charge is 0.444 e. The molecular weight excluding hydrogens is 261 g/mol. The molecule has 19 heavy (non-hydrogen) atoms. The van der Waals surface area contributed by atoms with Crippen LogP contribution in [0.4, 0.5) is 29.3 Å². The first-order chi connectivity index (χ1) is 8.49. The topological polar surface area (TPSA) is 64.3 Å². The molecule has 0 saturated carbocycles. The lowest BCUT2D eigenvalue weighted by molar-refractivity contribution is -0.136. The molecule has 0 atom stereocenters. The van der Waals surface area contributed by atoms with Gasteiger partial charge in [0.1, 0.15) is 5.60 Å². The first-order valence-corrected chi connectivity index (χ1v) is 5.46. The number of carbonyl (C=O) groups is 1. The lowest BCUT2D eigenvalue weighted by Gasteiger charge is -2.20. The van der Waals surface area contributed by atoms with E-state index in [0.29, 0.717) is 0 Å².